The number of thiophene rings is 2. The molecule has 0 atom stereocenters. The molecule has 5 aromatic rings. The van der Waals surface area contributed by atoms with E-state index in [2.05, 4.69) is 33.0 Å². The lowest BCUT2D eigenvalue weighted by Gasteiger charge is -2.09. The predicted molar refractivity (Wildman–Crippen MR) is 152 cm³/mol. The summed E-state index contributed by atoms with van der Waals surface area (Å²) in [6.45, 7) is 2.69. The molecule has 2 aromatic carbocycles. The van der Waals surface area contributed by atoms with E-state index in [9.17, 15) is 9.59 Å². The molecule has 1 amide bonds. The number of anilines is 1. The summed E-state index contributed by atoms with van der Waals surface area (Å²) in [6, 6.07) is 15.3. The van der Waals surface area contributed by atoms with Crippen molar-refractivity contribution in [1.82, 2.24) is 14.8 Å². The quantitative estimate of drug-likeness (QED) is 0.159. The van der Waals surface area contributed by atoms with Crippen molar-refractivity contribution in [2.45, 2.75) is 18.6 Å². The van der Waals surface area contributed by atoms with Gasteiger partial charge in [-0.05, 0) is 30.7 Å². The first-order valence-electron chi connectivity index (χ1n) is 11.3. The molecule has 3 aromatic heterocycles. The lowest BCUT2D eigenvalue weighted by atomic mass is 10.0. The molecule has 0 aliphatic heterocycles. The van der Waals surface area contributed by atoms with Crippen molar-refractivity contribution in [3.05, 3.63) is 69.9 Å². The van der Waals surface area contributed by atoms with Crippen LogP contribution in [0.15, 0.2) is 64.4 Å². The maximum absolute atomic E-state index is 12.9. The molecule has 0 aliphatic rings. The fraction of sp³-hybridized carbons (Fsp3) is 0.154. The predicted octanol–water partition coefficient (Wildman–Crippen LogP) is 7.08. The number of ether oxygens (including phenoxy) is 1. The number of aromatic nitrogens is 3. The fourth-order valence-electron chi connectivity index (χ4n) is 3.92. The molecule has 188 valence electrons. The van der Waals surface area contributed by atoms with Gasteiger partial charge in [0, 0.05) is 43.5 Å². The number of amides is 1. The second-order valence-corrected chi connectivity index (χ2v) is 11.1. The maximum atomic E-state index is 12.9. The summed E-state index contributed by atoms with van der Waals surface area (Å²) in [4.78, 5) is 25.5. The number of nitrogens with zero attached hydrogens (tertiary/aromatic N) is 3. The summed E-state index contributed by atoms with van der Waals surface area (Å²) in [5, 5.41) is 18.4. The highest BCUT2D eigenvalue weighted by atomic mass is 35.5. The van der Waals surface area contributed by atoms with Crippen molar-refractivity contribution >= 4 is 73.0 Å². The number of carbonyl (C=O) groups excluding carboxylic acids is 2. The Morgan fingerprint density at radius 2 is 1.81 bits per heavy atom. The van der Waals surface area contributed by atoms with Gasteiger partial charge in [-0.15, -0.1) is 32.9 Å². The molecule has 37 heavy (non-hydrogen) atoms. The third-order valence-electron chi connectivity index (χ3n) is 5.68. The van der Waals surface area contributed by atoms with Crippen LogP contribution in [0.5, 0.6) is 0 Å². The van der Waals surface area contributed by atoms with E-state index in [0.29, 0.717) is 32.9 Å². The van der Waals surface area contributed by atoms with Crippen LogP contribution in [0.25, 0.3) is 32.6 Å². The summed E-state index contributed by atoms with van der Waals surface area (Å²) in [6.07, 6.45) is 0. The Kier molecular flexibility index (Phi) is 7.61. The first-order chi connectivity index (χ1) is 18.0. The molecular weight excluding hydrogens is 548 g/mol. The summed E-state index contributed by atoms with van der Waals surface area (Å²) in [5.41, 5.74) is 2.83. The number of halogens is 1. The highest BCUT2D eigenvalue weighted by Gasteiger charge is 2.23. The molecule has 0 saturated heterocycles. The van der Waals surface area contributed by atoms with Gasteiger partial charge in [0.2, 0.25) is 5.91 Å². The molecule has 0 spiro atoms. The van der Waals surface area contributed by atoms with Crippen LogP contribution in [0.1, 0.15) is 17.3 Å². The molecule has 1 N–H and O–H groups in total. The zero-order valence-corrected chi connectivity index (χ0v) is 23.1. The SMILES string of the molecule is CCn1c(SCC(=O)Nc2scc(-c3ccc(Cl)cc3)c2C(=O)OC)nnc1-c1csc2ccccc12. The standard InChI is InChI=1S/C26H21ClN4O3S3/c1-3-31-23(19-13-35-20-7-5-4-6-17(19)20)29-30-26(31)37-14-21(32)28-24-22(25(33)34-2)18(12-36-24)15-8-10-16(27)11-9-15/h4-13H,3,14H2,1-2H3,(H,28,32). The minimum Gasteiger partial charge on any atom is -0.465 e. The number of hydrogen-bond donors (Lipinski definition) is 1. The minimum atomic E-state index is -0.521. The third-order valence-corrected chi connectivity index (χ3v) is 8.75. The number of esters is 1. The van der Waals surface area contributed by atoms with Crippen LogP contribution >= 0.6 is 46.0 Å². The Morgan fingerprint density at radius 3 is 2.57 bits per heavy atom. The van der Waals surface area contributed by atoms with Crippen molar-refractivity contribution in [1.29, 1.82) is 0 Å². The molecule has 0 radical (unpaired) electrons. The van der Waals surface area contributed by atoms with Gasteiger partial charge < -0.3 is 14.6 Å². The van der Waals surface area contributed by atoms with Crippen molar-refractivity contribution in [2.75, 3.05) is 18.2 Å². The summed E-state index contributed by atoms with van der Waals surface area (Å²) in [7, 11) is 1.32. The number of fused-ring (bicyclic) bond motifs is 1. The van der Waals surface area contributed by atoms with Gasteiger partial charge in [-0.2, -0.15) is 0 Å². The topological polar surface area (TPSA) is 86.1 Å². The normalized spacial score (nSPS) is 11.1. The number of nitrogens with one attached hydrogen (secondary N) is 1. The Hall–Kier alpha value is -3.18. The Balaban J connectivity index is 1.34. The van der Waals surface area contributed by atoms with Crippen LogP contribution < -0.4 is 5.32 Å². The largest absolute Gasteiger partial charge is 0.465 e. The Labute approximate surface area is 230 Å². The van der Waals surface area contributed by atoms with Crippen molar-refractivity contribution < 1.29 is 14.3 Å². The Bertz CT molecular complexity index is 1590. The van der Waals surface area contributed by atoms with Gasteiger partial charge in [-0.25, -0.2) is 4.79 Å². The summed E-state index contributed by atoms with van der Waals surface area (Å²) >= 11 is 10.2. The highest BCUT2D eigenvalue weighted by Crippen LogP contribution is 2.37. The van der Waals surface area contributed by atoms with Gasteiger partial charge in [0.15, 0.2) is 11.0 Å². The van der Waals surface area contributed by atoms with E-state index in [-0.39, 0.29) is 11.7 Å². The molecule has 0 aliphatic carbocycles. The molecular formula is C26H21ClN4O3S3. The minimum absolute atomic E-state index is 0.108. The summed E-state index contributed by atoms with van der Waals surface area (Å²) < 4.78 is 8.19. The van der Waals surface area contributed by atoms with Gasteiger partial charge in [0.05, 0.1) is 12.9 Å². The first-order valence-corrected chi connectivity index (χ1v) is 14.4. The first kappa shape index (κ1) is 25.5. The van der Waals surface area contributed by atoms with E-state index >= 15 is 0 Å². The van der Waals surface area contributed by atoms with Crippen LogP contribution in [-0.2, 0) is 16.1 Å². The van der Waals surface area contributed by atoms with Crippen molar-refractivity contribution in [3.8, 4) is 22.5 Å². The number of rotatable bonds is 8. The third kappa shape index (κ3) is 5.15. The van der Waals surface area contributed by atoms with Crippen LogP contribution in [0.2, 0.25) is 5.02 Å². The second-order valence-electron chi connectivity index (χ2n) is 7.88. The molecule has 7 nitrogen and oxygen atoms in total. The zero-order valence-electron chi connectivity index (χ0n) is 19.9. The second kappa shape index (κ2) is 11.1. The van der Waals surface area contributed by atoms with E-state index in [1.807, 2.05) is 41.1 Å². The highest BCUT2D eigenvalue weighted by molar-refractivity contribution is 7.99. The van der Waals surface area contributed by atoms with Gasteiger partial charge in [0.1, 0.15) is 10.6 Å². The van der Waals surface area contributed by atoms with Crippen LogP contribution in [0.3, 0.4) is 0 Å². The molecule has 5 rings (SSSR count). The number of carbonyl (C=O) groups is 2. The van der Waals surface area contributed by atoms with Crippen molar-refractivity contribution in [3.63, 3.8) is 0 Å². The maximum Gasteiger partial charge on any atom is 0.341 e. The Morgan fingerprint density at radius 1 is 1.05 bits per heavy atom. The number of methoxy groups -OCH3 is 1. The zero-order chi connectivity index (χ0) is 25.9. The average Bonchev–Trinajstić information content (AvgIpc) is 3.63. The molecule has 0 saturated carbocycles. The van der Waals surface area contributed by atoms with E-state index in [1.54, 1.807) is 23.5 Å². The fourth-order valence-corrected chi connectivity index (χ4v) is 6.76. The van der Waals surface area contributed by atoms with Gasteiger partial charge in [0.25, 0.3) is 0 Å². The lowest BCUT2D eigenvalue weighted by molar-refractivity contribution is -0.113. The lowest BCUT2D eigenvalue weighted by Crippen LogP contribution is -2.16. The molecule has 0 bridgehead atoms. The molecule has 0 unspecified atom stereocenters. The van der Waals surface area contributed by atoms with Crippen LogP contribution in [0.4, 0.5) is 5.00 Å². The molecule has 11 heteroatoms. The van der Waals surface area contributed by atoms with Crippen LogP contribution in [-0.4, -0.2) is 39.5 Å². The van der Waals surface area contributed by atoms with Crippen LogP contribution in [0, 0.1) is 0 Å². The van der Waals surface area contributed by atoms with Gasteiger partial charge in [-0.1, -0.05) is 53.7 Å². The number of hydrogen-bond acceptors (Lipinski definition) is 8. The number of benzene rings is 2. The smallest absolute Gasteiger partial charge is 0.341 e. The monoisotopic (exact) mass is 568 g/mol. The number of thioether (sulfide) groups is 1. The average molecular weight is 569 g/mol. The van der Waals surface area contributed by atoms with E-state index in [0.717, 1.165) is 22.3 Å². The van der Waals surface area contributed by atoms with Crippen molar-refractivity contribution in [2.24, 2.45) is 0 Å². The molecule has 0 fully saturated rings. The van der Waals surface area contributed by atoms with E-state index in [4.69, 9.17) is 16.3 Å². The van der Waals surface area contributed by atoms with E-state index < -0.39 is 5.97 Å². The molecule has 3 heterocycles. The van der Waals surface area contributed by atoms with Gasteiger partial charge >= 0.3 is 5.97 Å². The van der Waals surface area contributed by atoms with Gasteiger partial charge in [-0.3, -0.25) is 4.79 Å². The summed E-state index contributed by atoms with van der Waals surface area (Å²) in [5.74, 6) is 0.110. The van der Waals surface area contributed by atoms with E-state index in [1.165, 1.54) is 34.9 Å².